The molecule has 2 N–H and O–H groups in total. The molecule has 0 saturated carbocycles. The number of guanidine groups is 1. The Morgan fingerprint density at radius 2 is 1.77 bits per heavy atom. The third-order valence-corrected chi connectivity index (χ3v) is 4.93. The number of nitrogens with one attached hydrogen (secondary N) is 2. The Hall–Kier alpha value is -1.66. The van der Waals surface area contributed by atoms with E-state index < -0.39 is 0 Å². The van der Waals surface area contributed by atoms with Crippen LogP contribution in [-0.4, -0.2) is 68.1 Å². The fraction of sp³-hybridized carbons (Fsp3) is 0.650. The van der Waals surface area contributed by atoms with Crippen molar-refractivity contribution < 1.29 is 4.39 Å². The number of likely N-dealkylation sites (N-methyl/N-ethyl adjacent to an activating group) is 1. The van der Waals surface area contributed by atoms with Crippen LogP contribution < -0.4 is 10.6 Å². The average molecular weight is 364 g/mol. The molecule has 1 aromatic rings. The van der Waals surface area contributed by atoms with Gasteiger partial charge in [0.1, 0.15) is 5.82 Å². The molecule has 1 aliphatic heterocycles. The highest BCUT2D eigenvalue weighted by atomic mass is 19.1. The summed E-state index contributed by atoms with van der Waals surface area (Å²) < 4.78 is 13.0. The van der Waals surface area contributed by atoms with E-state index in [0.717, 1.165) is 50.8 Å². The second-order valence-electron chi connectivity index (χ2n) is 7.35. The first-order valence-electron chi connectivity index (χ1n) is 9.68. The molecule has 1 atom stereocenters. The minimum Gasteiger partial charge on any atom is -0.357 e. The van der Waals surface area contributed by atoms with Gasteiger partial charge in [0.05, 0.1) is 6.54 Å². The molecule has 0 aliphatic carbocycles. The lowest BCUT2D eigenvalue weighted by molar-refractivity contribution is 0.0900. The van der Waals surface area contributed by atoms with Crippen molar-refractivity contribution in [1.82, 2.24) is 20.4 Å². The van der Waals surface area contributed by atoms with E-state index in [0.29, 0.717) is 18.5 Å². The molecule has 1 aliphatic rings. The Balaban J connectivity index is 1.93. The van der Waals surface area contributed by atoms with Crippen LogP contribution in [0.5, 0.6) is 0 Å². The number of piperazine rings is 1. The Labute approximate surface area is 157 Å². The van der Waals surface area contributed by atoms with E-state index in [1.807, 2.05) is 0 Å². The van der Waals surface area contributed by atoms with E-state index in [2.05, 4.69) is 53.2 Å². The van der Waals surface area contributed by atoms with E-state index in [1.165, 1.54) is 12.1 Å². The van der Waals surface area contributed by atoms with E-state index in [4.69, 9.17) is 0 Å². The van der Waals surface area contributed by atoms with Crippen LogP contribution in [0.3, 0.4) is 0 Å². The first-order chi connectivity index (χ1) is 12.5. The summed E-state index contributed by atoms with van der Waals surface area (Å²) in [7, 11) is 2.19. The molecule has 146 valence electrons. The van der Waals surface area contributed by atoms with Crippen molar-refractivity contribution in [3.05, 3.63) is 35.6 Å². The third-order valence-electron chi connectivity index (χ3n) is 4.93. The van der Waals surface area contributed by atoms with Crippen molar-refractivity contribution in [2.75, 3.05) is 46.3 Å². The second kappa shape index (κ2) is 10.5. The first kappa shape index (κ1) is 20.6. The van der Waals surface area contributed by atoms with Crippen LogP contribution in [0.1, 0.15) is 26.3 Å². The Kier molecular flexibility index (Phi) is 8.32. The van der Waals surface area contributed by atoms with Gasteiger partial charge < -0.3 is 15.5 Å². The molecule has 26 heavy (non-hydrogen) atoms. The van der Waals surface area contributed by atoms with Crippen molar-refractivity contribution >= 4 is 5.96 Å². The van der Waals surface area contributed by atoms with Gasteiger partial charge in [0.2, 0.25) is 0 Å². The topological polar surface area (TPSA) is 42.9 Å². The van der Waals surface area contributed by atoms with Crippen LogP contribution in [-0.2, 0) is 6.54 Å². The maximum absolute atomic E-state index is 13.0. The van der Waals surface area contributed by atoms with E-state index in [-0.39, 0.29) is 5.82 Å². The number of halogens is 1. The lowest BCUT2D eigenvalue weighted by Crippen LogP contribution is -2.55. The van der Waals surface area contributed by atoms with Crippen LogP contribution >= 0.6 is 0 Å². The molecule has 1 saturated heterocycles. The van der Waals surface area contributed by atoms with E-state index in [9.17, 15) is 4.39 Å². The Bertz CT molecular complexity index is 550. The van der Waals surface area contributed by atoms with Gasteiger partial charge in [-0.05, 0) is 37.6 Å². The van der Waals surface area contributed by atoms with Crippen molar-refractivity contribution in [2.24, 2.45) is 10.9 Å². The summed E-state index contributed by atoms with van der Waals surface area (Å²) in [5.74, 6) is 1.18. The average Bonchev–Trinajstić information content (AvgIpc) is 2.62. The summed E-state index contributed by atoms with van der Waals surface area (Å²) in [5, 5.41) is 6.81. The summed E-state index contributed by atoms with van der Waals surface area (Å²) in [4.78, 5) is 9.62. The van der Waals surface area contributed by atoms with Gasteiger partial charge in [-0.3, -0.25) is 4.90 Å². The lowest BCUT2D eigenvalue weighted by Gasteiger charge is -2.40. The first-order valence-corrected chi connectivity index (χ1v) is 9.68. The molecule has 0 radical (unpaired) electrons. The summed E-state index contributed by atoms with van der Waals surface area (Å²) in [6.45, 7) is 13.3. The highest BCUT2D eigenvalue weighted by Crippen LogP contribution is 2.13. The molecule has 2 rings (SSSR count). The Morgan fingerprint density at radius 3 is 2.35 bits per heavy atom. The molecule has 1 heterocycles. The molecule has 1 aromatic carbocycles. The molecule has 0 amide bonds. The van der Waals surface area contributed by atoms with Gasteiger partial charge in [0, 0.05) is 45.3 Å². The van der Waals surface area contributed by atoms with Gasteiger partial charge in [0.25, 0.3) is 0 Å². The Morgan fingerprint density at radius 1 is 1.12 bits per heavy atom. The molecule has 1 fully saturated rings. The van der Waals surface area contributed by atoms with Crippen molar-refractivity contribution in [1.29, 1.82) is 0 Å². The molecule has 0 bridgehead atoms. The van der Waals surface area contributed by atoms with Crippen molar-refractivity contribution in [3.8, 4) is 0 Å². The fourth-order valence-electron chi connectivity index (χ4n) is 3.24. The second-order valence-corrected chi connectivity index (χ2v) is 7.35. The van der Waals surface area contributed by atoms with Gasteiger partial charge in [-0.25, -0.2) is 9.38 Å². The van der Waals surface area contributed by atoms with E-state index in [1.54, 1.807) is 12.1 Å². The quantitative estimate of drug-likeness (QED) is 0.575. The van der Waals surface area contributed by atoms with Crippen molar-refractivity contribution in [3.63, 3.8) is 0 Å². The minimum absolute atomic E-state index is 0.213. The number of nitrogens with zero attached hydrogens (tertiary/aromatic N) is 3. The smallest absolute Gasteiger partial charge is 0.191 e. The maximum atomic E-state index is 13.0. The zero-order valence-corrected chi connectivity index (χ0v) is 16.6. The predicted molar refractivity (Wildman–Crippen MR) is 107 cm³/mol. The molecule has 0 aromatic heterocycles. The van der Waals surface area contributed by atoms with Crippen LogP contribution in [0, 0.1) is 11.7 Å². The van der Waals surface area contributed by atoms with Crippen LogP contribution in [0.15, 0.2) is 29.3 Å². The largest absolute Gasteiger partial charge is 0.357 e. The number of aliphatic imine (C=N–C) groups is 1. The molecular formula is C20H34FN5. The number of hydrogen-bond donors (Lipinski definition) is 2. The number of rotatable bonds is 7. The van der Waals surface area contributed by atoms with Gasteiger partial charge in [-0.2, -0.15) is 0 Å². The summed E-state index contributed by atoms with van der Waals surface area (Å²) in [6.07, 6.45) is 0. The SMILES string of the molecule is CCNC(=NCc1ccc(F)cc1)NCC(C(C)C)N1CCN(C)CC1. The highest BCUT2D eigenvalue weighted by Gasteiger charge is 2.24. The van der Waals surface area contributed by atoms with Crippen molar-refractivity contribution in [2.45, 2.75) is 33.4 Å². The van der Waals surface area contributed by atoms with Gasteiger partial charge in [-0.15, -0.1) is 0 Å². The molecule has 6 heteroatoms. The van der Waals surface area contributed by atoms with Crippen LogP contribution in [0.25, 0.3) is 0 Å². The highest BCUT2D eigenvalue weighted by molar-refractivity contribution is 5.79. The monoisotopic (exact) mass is 363 g/mol. The minimum atomic E-state index is -0.213. The zero-order chi connectivity index (χ0) is 18.9. The number of benzene rings is 1. The van der Waals surface area contributed by atoms with Gasteiger partial charge in [-0.1, -0.05) is 26.0 Å². The lowest BCUT2D eigenvalue weighted by atomic mass is 10.0. The third kappa shape index (κ3) is 6.57. The fourth-order valence-corrected chi connectivity index (χ4v) is 3.24. The summed E-state index contributed by atoms with van der Waals surface area (Å²) >= 11 is 0. The van der Waals surface area contributed by atoms with Gasteiger partial charge >= 0.3 is 0 Å². The standard InChI is InChI=1S/C20H34FN5/c1-5-22-20(23-14-17-6-8-18(21)9-7-17)24-15-19(16(2)3)26-12-10-25(4)11-13-26/h6-9,16,19H,5,10-15H2,1-4H3,(H2,22,23,24). The molecular weight excluding hydrogens is 329 g/mol. The van der Waals surface area contributed by atoms with Gasteiger partial charge in [0.15, 0.2) is 5.96 Å². The van der Waals surface area contributed by atoms with Crippen LogP contribution in [0.2, 0.25) is 0 Å². The zero-order valence-electron chi connectivity index (χ0n) is 16.6. The van der Waals surface area contributed by atoms with E-state index >= 15 is 0 Å². The molecule has 1 unspecified atom stereocenters. The number of hydrogen-bond acceptors (Lipinski definition) is 3. The normalized spacial score (nSPS) is 18.2. The molecule has 5 nitrogen and oxygen atoms in total. The summed E-state index contributed by atoms with van der Waals surface area (Å²) in [6, 6.07) is 7.01. The predicted octanol–water partition coefficient (Wildman–Crippen LogP) is 2.15. The maximum Gasteiger partial charge on any atom is 0.191 e. The molecule has 0 spiro atoms. The summed E-state index contributed by atoms with van der Waals surface area (Å²) in [5.41, 5.74) is 1.00. The van der Waals surface area contributed by atoms with Crippen LogP contribution in [0.4, 0.5) is 4.39 Å².